The fourth-order valence-electron chi connectivity index (χ4n) is 2.78. The van der Waals surface area contributed by atoms with Crippen molar-refractivity contribution in [2.75, 3.05) is 30.3 Å². The highest BCUT2D eigenvalue weighted by Gasteiger charge is 2.19. The first-order valence-electron chi connectivity index (χ1n) is 6.92. The summed E-state index contributed by atoms with van der Waals surface area (Å²) in [5.74, 6) is 4.68. The first-order chi connectivity index (χ1) is 8.34. The summed E-state index contributed by atoms with van der Waals surface area (Å²) in [6.45, 7) is 1.86. The van der Waals surface area contributed by atoms with Crippen LogP contribution in [-0.2, 0) is 0 Å². The van der Waals surface area contributed by atoms with Crippen molar-refractivity contribution in [3.63, 3.8) is 0 Å². The van der Waals surface area contributed by atoms with Crippen molar-refractivity contribution in [1.82, 2.24) is 5.32 Å². The second-order valence-electron chi connectivity index (χ2n) is 5.27. The normalized spacial score (nSPS) is 28.4. The molecule has 2 atom stereocenters. The molecule has 0 aromatic rings. The molecule has 0 spiro atoms. The largest absolute Gasteiger partial charge is 0.392 e. The molecule has 1 saturated heterocycles. The van der Waals surface area contributed by atoms with Crippen molar-refractivity contribution in [1.29, 1.82) is 0 Å². The van der Waals surface area contributed by atoms with E-state index < -0.39 is 0 Å². The minimum atomic E-state index is -0.126. The lowest BCUT2D eigenvalue weighted by Gasteiger charge is -2.22. The number of aliphatic hydroxyl groups excluding tert-OH is 1. The van der Waals surface area contributed by atoms with Crippen LogP contribution in [0, 0.1) is 5.92 Å². The molecule has 0 aromatic heterocycles. The maximum absolute atomic E-state index is 9.96. The summed E-state index contributed by atoms with van der Waals surface area (Å²) in [6.07, 6.45) is 6.32. The fraction of sp³-hybridized carbons (Fsp3) is 1.00. The molecule has 2 rings (SSSR count). The molecule has 1 heterocycles. The Balaban J connectivity index is 1.51. The van der Waals surface area contributed by atoms with Gasteiger partial charge in [0.2, 0.25) is 0 Å². The van der Waals surface area contributed by atoms with Gasteiger partial charge in [-0.25, -0.2) is 0 Å². The van der Waals surface area contributed by atoms with Crippen LogP contribution in [0.25, 0.3) is 0 Å². The Hall–Kier alpha value is 0.620. The molecule has 100 valence electrons. The van der Waals surface area contributed by atoms with Crippen molar-refractivity contribution < 1.29 is 5.11 Å². The van der Waals surface area contributed by atoms with Crippen LogP contribution in [0.15, 0.2) is 0 Å². The summed E-state index contributed by atoms with van der Waals surface area (Å²) in [5.41, 5.74) is 0. The number of rotatable bonds is 6. The predicted octanol–water partition coefficient (Wildman–Crippen LogP) is 2.37. The number of thioether (sulfide) groups is 2. The molecule has 4 heteroatoms. The molecule has 2 nitrogen and oxygen atoms in total. The van der Waals surface area contributed by atoms with Gasteiger partial charge in [-0.05, 0) is 12.3 Å². The topological polar surface area (TPSA) is 32.3 Å². The van der Waals surface area contributed by atoms with Crippen LogP contribution < -0.4 is 5.32 Å². The lowest BCUT2D eigenvalue weighted by molar-refractivity contribution is 0.141. The zero-order valence-electron chi connectivity index (χ0n) is 10.6. The average molecular weight is 275 g/mol. The van der Waals surface area contributed by atoms with Crippen LogP contribution in [0.2, 0.25) is 0 Å². The van der Waals surface area contributed by atoms with Crippen molar-refractivity contribution >= 4 is 23.5 Å². The van der Waals surface area contributed by atoms with Crippen LogP contribution >= 0.6 is 23.5 Å². The Bertz CT molecular complexity index is 204. The Kier molecular flexibility index (Phi) is 6.54. The maximum Gasteiger partial charge on any atom is 0.0667 e. The van der Waals surface area contributed by atoms with Crippen LogP contribution in [0.4, 0.5) is 0 Å². The summed E-state index contributed by atoms with van der Waals surface area (Å²) in [4.78, 5) is 0. The molecule has 0 bridgehead atoms. The minimum Gasteiger partial charge on any atom is -0.392 e. The number of nitrogens with one attached hydrogen (secondary N) is 1. The van der Waals surface area contributed by atoms with Gasteiger partial charge in [0.1, 0.15) is 0 Å². The van der Waals surface area contributed by atoms with Crippen LogP contribution in [0.3, 0.4) is 0 Å². The summed E-state index contributed by atoms with van der Waals surface area (Å²) < 4.78 is 0. The van der Waals surface area contributed by atoms with E-state index in [0.717, 1.165) is 30.7 Å². The molecule has 2 N–H and O–H groups in total. The van der Waals surface area contributed by atoms with E-state index in [-0.39, 0.29) is 6.10 Å². The van der Waals surface area contributed by atoms with E-state index in [4.69, 9.17) is 0 Å². The number of hydrogen-bond donors (Lipinski definition) is 2. The lowest BCUT2D eigenvalue weighted by Crippen LogP contribution is -2.34. The van der Waals surface area contributed by atoms with Gasteiger partial charge >= 0.3 is 0 Å². The summed E-state index contributed by atoms with van der Waals surface area (Å²) in [6, 6.07) is 0. The molecule has 1 aliphatic carbocycles. The highest BCUT2D eigenvalue weighted by atomic mass is 32.2. The molecule has 2 unspecified atom stereocenters. The Morgan fingerprint density at radius 1 is 1.24 bits per heavy atom. The van der Waals surface area contributed by atoms with Crippen molar-refractivity contribution in [2.45, 2.75) is 43.5 Å². The van der Waals surface area contributed by atoms with E-state index in [9.17, 15) is 5.11 Å². The quantitative estimate of drug-likeness (QED) is 0.779. The van der Waals surface area contributed by atoms with E-state index in [0.29, 0.717) is 0 Å². The fourth-order valence-corrected chi connectivity index (χ4v) is 5.43. The number of aliphatic hydroxyl groups is 1. The molecule has 0 amide bonds. The Labute approximate surface area is 114 Å². The average Bonchev–Trinajstić information content (AvgIpc) is 2.83. The highest BCUT2D eigenvalue weighted by Crippen LogP contribution is 2.28. The van der Waals surface area contributed by atoms with Gasteiger partial charge in [0.15, 0.2) is 0 Å². The van der Waals surface area contributed by atoms with E-state index in [2.05, 4.69) is 28.8 Å². The SMILES string of the molecule is OC(CNCC1CSCCS1)CC1CCCC1. The molecule has 1 aliphatic heterocycles. The maximum atomic E-state index is 9.96. The van der Waals surface area contributed by atoms with Gasteiger partial charge in [0, 0.05) is 35.6 Å². The molecule has 0 radical (unpaired) electrons. The van der Waals surface area contributed by atoms with Gasteiger partial charge in [0.25, 0.3) is 0 Å². The van der Waals surface area contributed by atoms with E-state index >= 15 is 0 Å². The summed E-state index contributed by atoms with van der Waals surface area (Å²) in [5, 5.41) is 14.2. The van der Waals surface area contributed by atoms with Gasteiger partial charge in [-0.15, -0.1) is 0 Å². The predicted molar refractivity (Wildman–Crippen MR) is 79.0 cm³/mol. The third-order valence-corrected chi connectivity index (χ3v) is 6.56. The second-order valence-corrected chi connectivity index (χ2v) is 7.82. The van der Waals surface area contributed by atoms with Crippen LogP contribution in [0.1, 0.15) is 32.1 Å². The monoisotopic (exact) mass is 275 g/mol. The van der Waals surface area contributed by atoms with Crippen molar-refractivity contribution in [3.05, 3.63) is 0 Å². The van der Waals surface area contributed by atoms with Gasteiger partial charge in [-0.2, -0.15) is 23.5 Å². The van der Waals surface area contributed by atoms with Crippen molar-refractivity contribution in [3.8, 4) is 0 Å². The Morgan fingerprint density at radius 2 is 2.06 bits per heavy atom. The molecule has 0 aromatic carbocycles. The first-order valence-corrected chi connectivity index (χ1v) is 9.13. The standard InChI is InChI=1S/C13H25NOS2/c15-12(7-11-3-1-2-4-11)8-14-9-13-10-16-5-6-17-13/h11-15H,1-10H2. The third-order valence-electron chi connectivity index (χ3n) is 3.72. The Morgan fingerprint density at radius 3 is 2.76 bits per heavy atom. The minimum absolute atomic E-state index is 0.126. The second kappa shape index (κ2) is 7.93. The molecule has 1 saturated carbocycles. The summed E-state index contributed by atoms with van der Waals surface area (Å²) in [7, 11) is 0. The van der Waals surface area contributed by atoms with Crippen LogP contribution in [-0.4, -0.2) is 46.8 Å². The van der Waals surface area contributed by atoms with Gasteiger partial charge in [-0.1, -0.05) is 25.7 Å². The first kappa shape index (κ1) is 14.0. The summed E-state index contributed by atoms with van der Waals surface area (Å²) >= 11 is 4.15. The lowest BCUT2D eigenvalue weighted by atomic mass is 10.0. The zero-order chi connectivity index (χ0) is 11.9. The van der Waals surface area contributed by atoms with Crippen LogP contribution in [0.5, 0.6) is 0 Å². The van der Waals surface area contributed by atoms with Gasteiger partial charge in [-0.3, -0.25) is 0 Å². The van der Waals surface area contributed by atoms with E-state index in [1.807, 2.05) is 0 Å². The van der Waals surface area contributed by atoms with Gasteiger partial charge < -0.3 is 10.4 Å². The molecule has 17 heavy (non-hydrogen) atoms. The van der Waals surface area contributed by atoms with Crippen molar-refractivity contribution in [2.24, 2.45) is 5.92 Å². The third kappa shape index (κ3) is 5.41. The molecular weight excluding hydrogens is 250 g/mol. The highest BCUT2D eigenvalue weighted by molar-refractivity contribution is 8.06. The molecular formula is C13H25NOS2. The van der Waals surface area contributed by atoms with E-state index in [1.54, 1.807) is 0 Å². The molecule has 2 fully saturated rings. The number of hydrogen-bond acceptors (Lipinski definition) is 4. The zero-order valence-corrected chi connectivity index (χ0v) is 12.2. The van der Waals surface area contributed by atoms with E-state index in [1.165, 1.54) is 42.9 Å². The molecule has 2 aliphatic rings. The smallest absolute Gasteiger partial charge is 0.0667 e. The van der Waals surface area contributed by atoms with Gasteiger partial charge in [0.05, 0.1) is 6.10 Å².